The smallest absolute Gasteiger partial charge is 0.258 e. The van der Waals surface area contributed by atoms with Gasteiger partial charge in [-0.3, -0.25) is 9.48 Å². The molecule has 3 rings (SSSR count). The Bertz CT molecular complexity index is 698. The van der Waals surface area contributed by atoms with Gasteiger partial charge in [-0.05, 0) is 36.8 Å². The van der Waals surface area contributed by atoms with Gasteiger partial charge in [-0.25, -0.2) is 0 Å². The van der Waals surface area contributed by atoms with Crippen LogP contribution >= 0.6 is 0 Å². The molecule has 3 heterocycles. The fourth-order valence-corrected chi connectivity index (χ4v) is 3.44. The maximum absolute atomic E-state index is 12.9. The molecule has 4 nitrogen and oxygen atoms in total. The van der Waals surface area contributed by atoms with Crippen molar-refractivity contribution in [3.63, 3.8) is 0 Å². The third kappa shape index (κ3) is 2.43. The Morgan fingerprint density at radius 3 is 2.71 bits per heavy atom. The van der Waals surface area contributed by atoms with Crippen LogP contribution in [0.5, 0.6) is 0 Å². The first kappa shape index (κ1) is 14.1. The lowest BCUT2D eigenvalue weighted by Crippen LogP contribution is -2.33. The lowest BCUT2D eigenvalue weighted by Gasteiger charge is -2.32. The molecule has 0 radical (unpaired) electrons. The maximum Gasteiger partial charge on any atom is 0.258 e. The van der Waals surface area contributed by atoms with E-state index in [0.717, 1.165) is 30.5 Å². The lowest BCUT2D eigenvalue weighted by molar-refractivity contribution is 0.306. The lowest BCUT2D eigenvalue weighted by atomic mass is 9.84. The van der Waals surface area contributed by atoms with E-state index in [2.05, 4.69) is 25.0 Å². The highest BCUT2D eigenvalue weighted by Crippen LogP contribution is 2.34. The van der Waals surface area contributed by atoms with Crippen LogP contribution in [-0.4, -0.2) is 14.3 Å². The summed E-state index contributed by atoms with van der Waals surface area (Å²) in [6.07, 6.45) is 7.11. The summed E-state index contributed by atoms with van der Waals surface area (Å²) in [6.45, 7) is 5.29. The van der Waals surface area contributed by atoms with E-state index < -0.39 is 0 Å². The number of pyridine rings is 1. The molecule has 0 bridgehead atoms. The van der Waals surface area contributed by atoms with Crippen LogP contribution < -0.4 is 5.56 Å². The Hall–Kier alpha value is -1.84. The summed E-state index contributed by atoms with van der Waals surface area (Å²) in [5.74, 6) is 1.13. The zero-order valence-corrected chi connectivity index (χ0v) is 13.0. The minimum absolute atomic E-state index is 0.136. The zero-order valence-electron chi connectivity index (χ0n) is 13.0. The van der Waals surface area contributed by atoms with Crippen molar-refractivity contribution < 1.29 is 0 Å². The Morgan fingerprint density at radius 1 is 1.29 bits per heavy atom. The highest BCUT2D eigenvalue weighted by Gasteiger charge is 2.26. The number of hydrogen-bond acceptors (Lipinski definition) is 2. The maximum atomic E-state index is 12.9. The van der Waals surface area contributed by atoms with E-state index in [-0.39, 0.29) is 5.56 Å². The van der Waals surface area contributed by atoms with Gasteiger partial charge < -0.3 is 4.57 Å². The second-order valence-electron chi connectivity index (χ2n) is 6.11. The summed E-state index contributed by atoms with van der Waals surface area (Å²) >= 11 is 0. The Kier molecular flexibility index (Phi) is 3.70. The number of rotatable bonds is 3. The van der Waals surface area contributed by atoms with E-state index in [1.165, 1.54) is 12.1 Å². The van der Waals surface area contributed by atoms with Crippen LogP contribution in [0.25, 0.3) is 11.1 Å². The van der Waals surface area contributed by atoms with Gasteiger partial charge in [-0.15, -0.1) is 0 Å². The Morgan fingerprint density at radius 2 is 2.10 bits per heavy atom. The molecule has 2 aromatic rings. The third-order valence-electron chi connectivity index (χ3n) is 4.77. The summed E-state index contributed by atoms with van der Waals surface area (Å²) < 4.78 is 3.75. The topological polar surface area (TPSA) is 39.8 Å². The number of aryl methyl sites for hydroxylation is 1. The molecule has 4 heteroatoms. The number of fused-ring (bicyclic) bond motifs is 1. The third-order valence-corrected chi connectivity index (χ3v) is 4.77. The van der Waals surface area contributed by atoms with Crippen LogP contribution in [0, 0.1) is 5.92 Å². The van der Waals surface area contributed by atoms with Crippen molar-refractivity contribution in [1.82, 2.24) is 14.3 Å². The molecule has 21 heavy (non-hydrogen) atoms. The average Bonchev–Trinajstić information content (AvgIpc) is 2.93. The van der Waals surface area contributed by atoms with Gasteiger partial charge in [-0.2, -0.15) is 5.10 Å². The van der Waals surface area contributed by atoms with Gasteiger partial charge in [0.2, 0.25) is 0 Å². The van der Waals surface area contributed by atoms with Crippen molar-refractivity contribution in [2.24, 2.45) is 13.0 Å². The molecule has 2 unspecified atom stereocenters. The molecule has 0 N–H and O–H groups in total. The second-order valence-corrected chi connectivity index (χ2v) is 6.11. The SMILES string of the molecule is CCC1CC(CC)c2ccc(-c3cnn(C)c3)c(=O)n2C1. The van der Waals surface area contributed by atoms with Gasteiger partial charge in [0.15, 0.2) is 0 Å². The van der Waals surface area contributed by atoms with E-state index in [1.807, 2.05) is 23.9 Å². The van der Waals surface area contributed by atoms with Crippen molar-refractivity contribution in [3.05, 3.63) is 40.6 Å². The van der Waals surface area contributed by atoms with Gasteiger partial charge in [-0.1, -0.05) is 20.3 Å². The first-order valence-corrected chi connectivity index (χ1v) is 7.86. The Labute approximate surface area is 125 Å². The molecule has 0 aromatic carbocycles. The zero-order chi connectivity index (χ0) is 15.0. The number of aromatic nitrogens is 3. The molecule has 0 fully saturated rings. The second kappa shape index (κ2) is 5.51. The molecule has 0 aliphatic carbocycles. The number of hydrogen-bond donors (Lipinski definition) is 0. The van der Waals surface area contributed by atoms with Crippen molar-refractivity contribution in [2.75, 3.05) is 0 Å². The minimum atomic E-state index is 0.136. The Balaban J connectivity index is 2.11. The summed E-state index contributed by atoms with van der Waals surface area (Å²) in [5.41, 5.74) is 3.01. The predicted octanol–water partition coefficient (Wildman–Crippen LogP) is 3.17. The molecule has 1 aliphatic heterocycles. The van der Waals surface area contributed by atoms with Gasteiger partial charge >= 0.3 is 0 Å². The van der Waals surface area contributed by atoms with E-state index >= 15 is 0 Å². The standard InChI is InChI=1S/C17H23N3O/c1-4-12-8-13(5-2)16-7-6-15(17(21)20(16)10-12)14-9-18-19(3)11-14/h6-7,9,11-13H,4-5,8,10H2,1-3H3. The highest BCUT2D eigenvalue weighted by molar-refractivity contribution is 5.60. The molecule has 2 aromatic heterocycles. The van der Waals surface area contributed by atoms with Crippen LogP contribution in [-0.2, 0) is 13.6 Å². The normalized spacial score (nSPS) is 21.3. The monoisotopic (exact) mass is 285 g/mol. The summed E-state index contributed by atoms with van der Waals surface area (Å²) in [5, 5.41) is 4.18. The average molecular weight is 285 g/mol. The molecule has 0 saturated heterocycles. The van der Waals surface area contributed by atoms with Gasteiger partial charge in [0.1, 0.15) is 0 Å². The summed E-state index contributed by atoms with van der Waals surface area (Å²) in [7, 11) is 1.87. The fourth-order valence-electron chi connectivity index (χ4n) is 3.44. The molecule has 0 spiro atoms. The van der Waals surface area contributed by atoms with Crippen LogP contribution in [0.3, 0.4) is 0 Å². The quantitative estimate of drug-likeness (QED) is 0.869. The van der Waals surface area contributed by atoms with E-state index in [0.29, 0.717) is 11.8 Å². The number of nitrogens with zero attached hydrogens (tertiary/aromatic N) is 3. The van der Waals surface area contributed by atoms with Crippen LogP contribution in [0.2, 0.25) is 0 Å². The molecular formula is C17H23N3O. The summed E-state index contributed by atoms with van der Waals surface area (Å²) in [6, 6.07) is 4.11. The van der Waals surface area contributed by atoms with E-state index in [1.54, 1.807) is 10.9 Å². The van der Waals surface area contributed by atoms with Crippen molar-refractivity contribution in [2.45, 2.75) is 45.6 Å². The molecule has 0 amide bonds. The van der Waals surface area contributed by atoms with Crippen molar-refractivity contribution >= 4 is 0 Å². The van der Waals surface area contributed by atoms with Crippen molar-refractivity contribution in [1.29, 1.82) is 0 Å². The first-order chi connectivity index (χ1) is 10.1. The van der Waals surface area contributed by atoms with Gasteiger partial charge in [0.05, 0.1) is 11.8 Å². The van der Waals surface area contributed by atoms with E-state index in [4.69, 9.17) is 0 Å². The van der Waals surface area contributed by atoms with Crippen LogP contribution in [0.4, 0.5) is 0 Å². The molecule has 112 valence electrons. The molecular weight excluding hydrogens is 262 g/mol. The molecule has 1 aliphatic rings. The van der Waals surface area contributed by atoms with Gasteiger partial charge in [0, 0.05) is 31.0 Å². The van der Waals surface area contributed by atoms with E-state index in [9.17, 15) is 4.79 Å². The molecule has 2 atom stereocenters. The van der Waals surface area contributed by atoms with Gasteiger partial charge in [0.25, 0.3) is 5.56 Å². The fraction of sp³-hybridized carbons (Fsp3) is 0.529. The first-order valence-electron chi connectivity index (χ1n) is 7.86. The highest BCUT2D eigenvalue weighted by atomic mass is 16.1. The summed E-state index contributed by atoms with van der Waals surface area (Å²) in [4.78, 5) is 12.9. The predicted molar refractivity (Wildman–Crippen MR) is 84.3 cm³/mol. The molecule has 0 saturated carbocycles. The minimum Gasteiger partial charge on any atom is -0.312 e. The van der Waals surface area contributed by atoms with Crippen molar-refractivity contribution in [3.8, 4) is 11.1 Å². The largest absolute Gasteiger partial charge is 0.312 e. The van der Waals surface area contributed by atoms with Crippen LogP contribution in [0.1, 0.15) is 44.7 Å². The van der Waals surface area contributed by atoms with Crippen LogP contribution in [0.15, 0.2) is 29.3 Å².